The summed E-state index contributed by atoms with van der Waals surface area (Å²) in [6.07, 6.45) is -14.5. The second-order valence-electron chi connectivity index (χ2n) is 4.57. The van der Waals surface area contributed by atoms with E-state index in [9.17, 15) is 70.2 Å². The van der Waals surface area contributed by atoms with Gasteiger partial charge in [-0.2, -0.15) is 70.2 Å². The van der Waals surface area contributed by atoms with Gasteiger partial charge in [-0.1, -0.05) is 0 Å². The maximum atomic E-state index is 13.4. The number of alkyl halides is 14. The molecule has 0 spiro atoms. The van der Waals surface area contributed by atoms with Gasteiger partial charge in [-0.15, -0.1) is 0 Å². The molecule has 0 bridgehead atoms. The zero-order valence-electron chi connectivity index (χ0n) is 12.2. The number of rotatable bonds is 6. The molecule has 0 aromatic carbocycles. The van der Waals surface area contributed by atoms with E-state index in [4.69, 9.17) is 0 Å². The Kier molecular flexibility index (Phi) is 7.75. The van der Waals surface area contributed by atoms with Crippen LogP contribution in [0.1, 0.15) is 0 Å². The van der Waals surface area contributed by atoms with Crippen LogP contribution in [-0.4, -0.2) is 36.0 Å². The van der Waals surface area contributed by atoms with Gasteiger partial charge in [0, 0.05) is 0 Å². The Morgan fingerprint density at radius 1 is 0.483 bits per heavy atom. The zero-order chi connectivity index (χ0) is 24.0. The minimum absolute atomic E-state index is 1.16. The summed E-state index contributed by atoms with van der Waals surface area (Å²) in [4.78, 5) is 0. The molecule has 1 nitrogen and oxygen atoms in total. The predicted octanol–water partition coefficient (Wildman–Crippen LogP) is 7.74. The summed E-state index contributed by atoms with van der Waals surface area (Å²) in [7, 11) is 0. The van der Waals surface area contributed by atoms with Crippen LogP contribution in [0, 0.1) is 0 Å². The Hall–Kier alpha value is -0.880. The van der Waals surface area contributed by atoms with E-state index < -0.39 is 57.0 Å². The van der Waals surface area contributed by atoms with Crippen LogP contribution in [-0.2, 0) is 4.74 Å². The molecule has 0 aliphatic carbocycles. The Labute approximate surface area is 164 Å². The molecule has 29 heavy (non-hydrogen) atoms. The van der Waals surface area contributed by atoms with Crippen LogP contribution in [0.5, 0.6) is 0 Å². The van der Waals surface area contributed by atoms with Gasteiger partial charge in [-0.05, 0) is 31.9 Å². The van der Waals surface area contributed by atoms with Crippen LogP contribution < -0.4 is 0 Å². The fraction of sp³-hybridized carbons (Fsp3) is 0.600. The number of halogens is 18. The van der Waals surface area contributed by atoms with Gasteiger partial charge < -0.3 is 4.74 Å². The van der Waals surface area contributed by atoms with Crippen molar-refractivity contribution in [3.8, 4) is 0 Å². The van der Waals surface area contributed by atoms with Gasteiger partial charge in [0.15, 0.2) is 0 Å². The van der Waals surface area contributed by atoms with Crippen molar-refractivity contribution in [2.75, 3.05) is 0 Å². The summed E-state index contributed by atoms with van der Waals surface area (Å²) in [5.74, 6) is -36.6. The minimum atomic E-state index is -7.35. The lowest BCUT2D eigenvalue weighted by atomic mass is 10.1. The fourth-order valence-electron chi connectivity index (χ4n) is 1.19. The topological polar surface area (TPSA) is 9.23 Å². The highest BCUT2D eigenvalue weighted by Crippen LogP contribution is 2.55. The molecule has 0 rings (SSSR count). The first-order valence-corrected chi connectivity index (χ1v) is 7.40. The first-order chi connectivity index (χ1) is 12.4. The summed E-state index contributed by atoms with van der Waals surface area (Å²) in [6.45, 7) is 0. The summed E-state index contributed by atoms with van der Waals surface area (Å²) < 4.78 is 200. The van der Waals surface area contributed by atoms with Crippen molar-refractivity contribution >= 4 is 31.9 Å². The molecule has 0 aromatic rings. The predicted molar refractivity (Wildman–Crippen MR) is 67.1 cm³/mol. The summed E-state index contributed by atoms with van der Waals surface area (Å²) >= 11 is 2.33. The standard InChI is InChI=1S/C10Br2F16O/c11-3(13)1(5(15,16)7(19,20)9(23,24)25)29-2(4(12)14)6(17,18)8(21,22)10(26,27)28. The van der Waals surface area contributed by atoms with E-state index in [0.717, 1.165) is 31.9 Å². The summed E-state index contributed by atoms with van der Waals surface area (Å²) in [5.41, 5.74) is 0. The Morgan fingerprint density at radius 3 is 0.828 bits per heavy atom. The molecule has 0 aromatic heterocycles. The first kappa shape index (κ1) is 28.1. The Morgan fingerprint density at radius 2 is 0.690 bits per heavy atom. The van der Waals surface area contributed by atoms with E-state index in [0.29, 0.717) is 0 Å². The van der Waals surface area contributed by atoms with Gasteiger partial charge in [0.1, 0.15) is 0 Å². The lowest BCUT2D eigenvalue weighted by Crippen LogP contribution is -2.55. The normalized spacial score (nSPS) is 17.0. The largest absolute Gasteiger partial charge is 0.460 e. The molecular formula is C10Br2F16O. The highest BCUT2D eigenvalue weighted by atomic mass is 79.9. The second-order valence-corrected chi connectivity index (χ2v) is 5.97. The van der Waals surface area contributed by atoms with E-state index in [2.05, 4.69) is 4.74 Å². The molecule has 0 amide bonds. The minimum Gasteiger partial charge on any atom is -0.445 e. The summed E-state index contributed by atoms with van der Waals surface area (Å²) in [5, 5.41) is 0. The van der Waals surface area contributed by atoms with Crippen molar-refractivity contribution in [3.05, 3.63) is 21.0 Å². The number of hydrogen-bond acceptors (Lipinski definition) is 1. The van der Waals surface area contributed by atoms with Crippen molar-refractivity contribution in [2.24, 2.45) is 0 Å². The van der Waals surface area contributed by atoms with Gasteiger partial charge in [0.2, 0.25) is 21.0 Å². The van der Waals surface area contributed by atoms with Gasteiger partial charge >= 0.3 is 36.0 Å². The number of ether oxygens (including phenoxy) is 1. The third-order valence-electron chi connectivity index (χ3n) is 2.62. The van der Waals surface area contributed by atoms with Crippen molar-refractivity contribution < 1.29 is 75.0 Å². The molecular weight excluding hydrogens is 600 g/mol. The van der Waals surface area contributed by atoms with Gasteiger partial charge in [0.25, 0.3) is 0 Å². The molecule has 172 valence electrons. The third kappa shape index (κ3) is 4.90. The average Bonchev–Trinajstić information content (AvgIpc) is 2.43. The van der Waals surface area contributed by atoms with Crippen LogP contribution in [0.2, 0.25) is 0 Å². The van der Waals surface area contributed by atoms with Crippen LogP contribution in [0.15, 0.2) is 21.0 Å². The second kappa shape index (κ2) is 7.99. The number of allylic oxidation sites excluding steroid dienone is 2. The van der Waals surface area contributed by atoms with Crippen LogP contribution in [0.25, 0.3) is 0 Å². The lowest BCUT2D eigenvalue weighted by Gasteiger charge is -2.32. The van der Waals surface area contributed by atoms with Gasteiger partial charge in [-0.25, -0.2) is 0 Å². The molecule has 0 atom stereocenters. The quantitative estimate of drug-likeness (QED) is 0.224. The molecule has 19 heteroatoms. The average molecular weight is 600 g/mol. The lowest BCUT2D eigenvalue weighted by molar-refractivity contribution is -0.358. The Bertz CT molecular complexity index is 619. The highest BCUT2D eigenvalue weighted by Gasteiger charge is 2.78. The smallest absolute Gasteiger partial charge is 0.445 e. The molecule has 0 saturated heterocycles. The van der Waals surface area contributed by atoms with Gasteiger partial charge in [0.05, 0.1) is 0 Å². The van der Waals surface area contributed by atoms with Gasteiger partial charge in [-0.3, -0.25) is 0 Å². The number of hydrogen-bond donors (Lipinski definition) is 0. The van der Waals surface area contributed by atoms with Crippen molar-refractivity contribution in [3.63, 3.8) is 0 Å². The Balaban J connectivity index is 6.67. The van der Waals surface area contributed by atoms with E-state index in [1.165, 1.54) is 0 Å². The van der Waals surface area contributed by atoms with E-state index in [1.54, 1.807) is 0 Å². The molecule has 0 heterocycles. The van der Waals surface area contributed by atoms with E-state index in [1.807, 2.05) is 0 Å². The third-order valence-corrected chi connectivity index (χ3v) is 3.34. The van der Waals surface area contributed by atoms with Crippen LogP contribution >= 0.6 is 31.9 Å². The highest BCUT2D eigenvalue weighted by molar-refractivity contribution is 9.11. The SMILES string of the molecule is FC(Br)=C(OC(=C(F)Br)C(F)(F)C(F)(F)C(F)(F)F)C(F)(F)C(F)(F)C(F)(F)F. The molecule has 0 unspecified atom stereocenters. The fourth-order valence-corrected chi connectivity index (χ4v) is 1.85. The van der Waals surface area contributed by atoms with Crippen molar-refractivity contribution in [2.45, 2.75) is 36.0 Å². The molecule has 0 fully saturated rings. The van der Waals surface area contributed by atoms with E-state index >= 15 is 0 Å². The monoisotopic (exact) mass is 598 g/mol. The van der Waals surface area contributed by atoms with Crippen molar-refractivity contribution in [1.82, 2.24) is 0 Å². The first-order valence-electron chi connectivity index (χ1n) is 5.81. The molecule has 0 N–H and O–H groups in total. The van der Waals surface area contributed by atoms with Crippen LogP contribution in [0.4, 0.5) is 70.2 Å². The van der Waals surface area contributed by atoms with Crippen molar-refractivity contribution in [1.29, 1.82) is 0 Å². The van der Waals surface area contributed by atoms with Crippen LogP contribution in [0.3, 0.4) is 0 Å². The van der Waals surface area contributed by atoms with E-state index in [-0.39, 0.29) is 0 Å². The molecule has 0 radical (unpaired) electrons. The molecule has 0 aliphatic rings. The molecule has 0 saturated carbocycles. The maximum Gasteiger partial charge on any atom is 0.460 e. The maximum absolute atomic E-state index is 13.4. The zero-order valence-corrected chi connectivity index (χ0v) is 15.4. The summed E-state index contributed by atoms with van der Waals surface area (Å²) in [6, 6.07) is 0. The molecule has 0 aliphatic heterocycles.